The minimum atomic E-state index is -4.10. The molecule has 0 bridgehead atoms. The molecule has 2 heterocycles. The van der Waals surface area contributed by atoms with E-state index in [4.69, 9.17) is 29.9 Å². The molecule has 0 spiro atoms. The lowest BCUT2D eigenvalue weighted by Gasteiger charge is -2.23. The van der Waals surface area contributed by atoms with Gasteiger partial charge in [-0.3, -0.25) is 23.1 Å². The third-order valence-electron chi connectivity index (χ3n) is 3.85. The van der Waals surface area contributed by atoms with Crippen molar-refractivity contribution in [3.63, 3.8) is 0 Å². The van der Waals surface area contributed by atoms with E-state index in [-0.39, 0.29) is 5.56 Å². The number of aromatic nitrogens is 2. The average molecular weight is 448 g/mol. The highest BCUT2D eigenvalue weighted by Crippen LogP contribution is 2.34. The van der Waals surface area contributed by atoms with Crippen LogP contribution in [0.5, 0.6) is 0 Å². The number of primary amides is 1. The van der Waals surface area contributed by atoms with E-state index in [1.54, 1.807) is 0 Å². The van der Waals surface area contributed by atoms with Crippen molar-refractivity contribution in [1.29, 1.82) is 0 Å². The van der Waals surface area contributed by atoms with Crippen LogP contribution in [-0.4, -0.2) is 67.0 Å². The first-order chi connectivity index (χ1) is 13.8. The van der Waals surface area contributed by atoms with Gasteiger partial charge in [0, 0.05) is 20.0 Å². The fourth-order valence-electron chi connectivity index (χ4n) is 2.75. The number of nitrogens with zero attached hydrogens (tertiary/aromatic N) is 2. The van der Waals surface area contributed by atoms with Crippen LogP contribution in [-0.2, 0) is 38.1 Å². The van der Waals surface area contributed by atoms with Crippen LogP contribution >= 0.6 is 0 Å². The Balaban J connectivity index is 2.57. The fourth-order valence-corrected chi connectivity index (χ4v) is 3.39. The van der Waals surface area contributed by atoms with E-state index in [0.29, 0.717) is 0 Å². The first kappa shape index (κ1) is 23.2. The van der Waals surface area contributed by atoms with Crippen molar-refractivity contribution in [3.05, 3.63) is 22.2 Å². The van der Waals surface area contributed by atoms with Gasteiger partial charge >= 0.3 is 17.6 Å². The molecule has 0 aliphatic carbocycles. The van der Waals surface area contributed by atoms with Gasteiger partial charge in [0.05, 0.1) is 11.8 Å². The summed E-state index contributed by atoms with van der Waals surface area (Å²) in [7, 11) is -4.10. The maximum absolute atomic E-state index is 12.4. The Morgan fingerprint density at radius 2 is 1.87 bits per heavy atom. The second-order valence-corrected chi connectivity index (χ2v) is 7.90. The van der Waals surface area contributed by atoms with Crippen molar-refractivity contribution >= 4 is 33.8 Å². The lowest BCUT2D eigenvalue weighted by atomic mass is 10.1. The van der Waals surface area contributed by atoms with E-state index in [1.807, 2.05) is 0 Å². The Hall–Kier alpha value is -3.04. The number of hydrogen-bond acceptors (Lipinski definition) is 12. The maximum Gasteiger partial charge on any atom is 0.351 e. The number of rotatable bonds is 7. The predicted octanol–water partition coefficient (Wildman–Crippen LogP) is -2.34. The Bertz CT molecular complexity index is 1020. The topological polar surface area (TPSA) is 209 Å². The summed E-state index contributed by atoms with van der Waals surface area (Å²) in [6.07, 6.45) is -4.08. The van der Waals surface area contributed by atoms with Gasteiger partial charge in [-0.25, -0.2) is 4.79 Å². The summed E-state index contributed by atoms with van der Waals surface area (Å²) < 4.78 is 44.7. The van der Waals surface area contributed by atoms with Crippen LogP contribution in [0.15, 0.2) is 11.0 Å². The van der Waals surface area contributed by atoms with Gasteiger partial charge < -0.3 is 25.7 Å². The summed E-state index contributed by atoms with van der Waals surface area (Å²) in [6, 6.07) is 0. The largest absolute Gasteiger partial charge is 0.463 e. The highest BCUT2D eigenvalue weighted by molar-refractivity contribution is 7.86. The van der Waals surface area contributed by atoms with Crippen LogP contribution in [0.4, 0.5) is 5.82 Å². The van der Waals surface area contributed by atoms with Gasteiger partial charge in [0.2, 0.25) is 0 Å². The molecule has 4 atom stereocenters. The number of carbonyl (C=O) groups excluding carboxylic acids is 3. The van der Waals surface area contributed by atoms with Crippen molar-refractivity contribution in [2.24, 2.45) is 5.73 Å². The smallest absolute Gasteiger partial charge is 0.351 e. The second-order valence-electron chi connectivity index (χ2n) is 6.30. The van der Waals surface area contributed by atoms with Gasteiger partial charge in [-0.2, -0.15) is 13.4 Å². The summed E-state index contributed by atoms with van der Waals surface area (Å²) in [4.78, 5) is 50.1. The van der Waals surface area contributed by atoms with E-state index in [9.17, 15) is 27.6 Å². The van der Waals surface area contributed by atoms with Crippen LogP contribution in [0, 0.1) is 0 Å². The summed E-state index contributed by atoms with van der Waals surface area (Å²) in [6.45, 7) is 1.66. The molecule has 0 saturated carbocycles. The first-order valence-corrected chi connectivity index (χ1v) is 10.1. The van der Waals surface area contributed by atoms with Crippen molar-refractivity contribution in [2.45, 2.75) is 38.4 Å². The molecule has 2 rings (SSSR count). The summed E-state index contributed by atoms with van der Waals surface area (Å²) in [5.41, 5.74) is 9.38. The molecule has 30 heavy (non-hydrogen) atoms. The zero-order valence-corrected chi connectivity index (χ0v) is 17.0. The molecule has 14 nitrogen and oxygen atoms in total. The molecule has 1 aromatic heterocycles. The van der Waals surface area contributed by atoms with Gasteiger partial charge in [0.15, 0.2) is 12.3 Å². The molecule has 0 aromatic carbocycles. The van der Waals surface area contributed by atoms with Crippen LogP contribution < -0.4 is 17.2 Å². The van der Waals surface area contributed by atoms with E-state index in [0.717, 1.165) is 30.9 Å². The van der Waals surface area contributed by atoms with Gasteiger partial charge in [-0.05, 0) is 0 Å². The second kappa shape index (κ2) is 8.76. The molecule has 0 unspecified atom stereocenters. The van der Waals surface area contributed by atoms with Gasteiger partial charge in [-0.1, -0.05) is 0 Å². The Kier molecular flexibility index (Phi) is 6.79. The molecule has 1 aliphatic heterocycles. The van der Waals surface area contributed by atoms with E-state index in [1.165, 1.54) is 0 Å². The highest BCUT2D eigenvalue weighted by atomic mass is 32.2. The number of ether oxygens (including phenoxy) is 3. The normalized spacial score (nSPS) is 23.7. The van der Waals surface area contributed by atoms with E-state index in [2.05, 4.69) is 4.98 Å². The number of anilines is 1. The number of amides is 1. The number of hydrogen-bond donors (Lipinski definition) is 2. The van der Waals surface area contributed by atoms with Crippen LogP contribution in [0.2, 0.25) is 0 Å². The van der Waals surface area contributed by atoms with Crippen molar-refractivity contribution in [2.75, 3.05) is 18.6 Å². The zero-order chi connectivity index (χ0) is 22.8. The standard InChI is InChI=1S/C15H20N4O10S/c1-6(20)26-5-9-10(29-30(3,24)25)11(27-7(2)21)14(28-9)19-4-8(13(17)22)12(16)18-15(19)23/h4,9-11,14H,5H2,1-3H3,(H2,17,22)(H2,16,18,23)/t9-,10+,11-,14-/m1/s1. The lowest BCUT2D eigenvalue weighted by molar-refractivity contribution is -0.155. The van der Waals surface area contributed by atoms with Crippen LogP contribution in [0.3, 0.4) is 0 Å². The lowest BCUT2D eigenvalue weighted by Crippen LogP contribution is -2.42. The van der Waals surface area contributed by atoms with Crippen molar-refractivity contribution in [3.8, 4) is 0 Å². The Morgan fingerprint density at radius 1 is 1.23 bits per heavy atom. The van der Waals surface area contributed by atoms with Crippen molar-refractivity contribution < 1.29 is 41.2 Å². The molecule has 4 N–H and O–H groups in total. The van der Waals surface area contributed by atoms with Crippen LogP contribution in [0.1, 0.15) is 30.4 Å². The molecule has 15 heteroatoms. The molecule has 1 aliphatic rings. The Morgan fingerprint density at radius 3 is 2.37 bits per heavy atom. The highest BCUT2D eigenvalue weighted by Gasteiger charge is 2.51. The maximum atomic E-state index is 12.4. The molecule has 166 valence electrons. The monoisotopic (exact) mass is 448 g/mol. The summed E-state index contributed by atoms with van der Waals surface area (Å²) in [5.74, 6) is -3.00. The van der Waals surface area contributed by atoms with Gasteiger partial charge in [0.25, 0.3) is 16.0 Å². The molecule has 1 saturated heterocycles. The minimum absolute atomic E-state index is 0.330. The quantitative estimate of drug-likeness (QED) is 0.332. The summed E-state index contributed by atoms with van der Waals surface area (Å²) in [5, 5.41) is 0. The molecule has 1 fully saturated rings. The number of carbonyl (C=O) groups is 3. The average Bonchev–Trinajstić information content (AvgIpc) is 2.88. The van der Waals surface area contributed by atoms with Crippen LogP contribution in [0.25, 0.3) is 0 Å². The number of nitrogen functional groups attached to an aromatic ring is 1. The SMILES string of the molecule is CC(=O)OC[C@H]1O[C@@H](n2cc(C(N)=O)c(N)nc2=O)[C@H](OC(C)=O)[C@H]1OS(C)(=O)=O. The zero-order valence-electron chi connectivity index (χ0n) is 16.1. The first-order valence-electron chi connectivity index (χ1n) is 8.33. The van der Waals surface area contributed by atoms with Gasteiger partial charge in [-0.15, -0.1) is 0 Å². The molecule has 1 aromatic rings. The predicted molar refractivity (Wildman–Crippen MR) is 97.2 cm³/mol. The van der Waals surface area contributed by atoms with Crippen molar-refractivity contribution in [1.82, 2.24) is 9.55 Å². The third kappa shape index (κ3) is 5.52. The summed E-state index contributed by atoms with van der Waals surface area (Å²) >= 11 is 0. The Labute approximate surface area is 170 Å². The molecular formula is C15H20N4O10S. The third-order valence-corrected chi connectivity index (χ3v) is 4.42. The molecule has 1 amide bonds. The van der Waals surface area contributed by atoms with E-state index >= 15 is 0 Å². The number of esters is 2. The van der Waals surface area contributed by atoms with Gasteiger partial charge in [0.1, 0.15) is 24.6 Å². The molecule has 0 radical (unpaired) electrons. The minimum Gasteiger partial charge on any atom is -0.463 e. The molecular weight excluding hydrogens is 428 g/mol. The number of nitrogens with two attached hydrogens (primary N) is 2. The fraction of sp³-hybridized carbons (Fsp3) is 0.533. The van der Waals surface area contributed by atoms with E-state index < -0.39 is 70.6 Å².